The molecule has 0 aliphatic rings. The first-order valence-electron chi connectivity index (χ1n) is 5.85. The Morgan fingerprint density at radius 3 is 2.33 bits per heavy atom. The number of nitrogens with one attached hydrogen (secondary N) is 1. The Balaban J connectivity index is 2.43. The van der Waals surface area contributed by atoms with Gasteiger partial charge < -0.3 is 11.1 Å². The molecular formula is C14H10ClF3N2O. The molecule has 2 aromatic carbocycles. The number of anilines is 1. The van der Waals surface area contributed by atoms with E-state index in [2.05, 4.69) is 5.32 Å². The highest BCUT2D eigenvalue weighted by Crippen LogP contribution is 2.28. The second-order valence-electron chi connectivity index (χ2n) is 4.25. The molecule has 3 N–H and O–H groups in total. The SMILES string of the molecule is NC(=O)C(Nc1ccccc1Cl)c1cc(F)c(F)cc1F. The number of amides is 1. The lowest BCUT2D eigenvalue weighted by Gasteiger charge is -2.18. The zero-order valence-corrected chi connectivity index (χ0v) is 11.3. The first-order valence-corrected chi connectivity index (χ1v) is 6.22. The van der Waals surface area contributed by atoms with Crippen LogP contribution in [0.4, 0.5) is 18.9 Å². The molecule has 0 bridgehead atoms. The van der Waals surface area contributed by atoms with Crippen LogP contribution in [0.5, 0.6) is 0 Å². The Morgan fingerprint density at radius 1 is 1.10 bits per heavy atom. The molecule has 2 rings (SSSR count). The van der Waals surface area contributed by atoms with Crippen LogP contribution in [0, 0.1) is 17.5 Å². The first-order chi connectivity index (χ1) is 9.90. The van der Waals surface area contributed by atoms with Crippen LogP contribution in [0.15, 0.2) is 36.4 Å². The summed E-state index contributed by atoms with van der Waals surface area (Å²) in [7, 11) is 0. The smallest absolute Gasteiger partial charge is 0.244 e. The van der Waals surface area contributed by atoms with Crippen LogP contribution in [-0.2, 0) is 4.79 Å². The van der Waals surface area contributed by atoms with E-state index in [1.165, 1.54) is 6.07 Å². The van der Waals surface area contributed by atoms with Crippen molar-refractivity contribution in [3.8, 4) is 0 Å². The van der Waals surface area contributed by atoms with Crippen molar-refractivity contribution in [3.05, 3.63) is 64.4 Å². The predicted octanol–water partition coefficient (Wildman–Crippen LogP) is 3.40. The Morgan fingerprint density at radius 2 is 1.71 bits per heavy atom. The molecule has 0 aliphatic carbocycles. The monoisotopic (exact) mass is 314 g/mol. The van der Waals surface area contributed by atoms with Crippen molar-refractivity contribution in [2.24, 2.45) is 5.73 Å². The third-order valence-electron chi connectivity index (χ3n) is 2.81. The van der Waals surface area contributed by atoms with Crippen LogP contribution in [0.2, 0.25) is 5.02 Å². The minimum Gasteiger partial charge on any atom is -0.369 e. The zero-order valence-electron chi connectivity index (χ0n) is 10.5. The topological polar surface area (TPSA) is 55.1 Å². The standard InChI is InChI=1S/C14H10ClF3N2O/c15-8-3-1-2-4-12(8)20-13(14(19)21)7-5-10(17)11(18)6-9(7)16/h1-6,13,20H,(H2,19,21). The van der Waals surface area contributed by atoms with Crippen LogP contribution in [0.25, 0.3) is 0 Å². The van der Waals surface area contributed by atoms with Gasteiger partial charge in [0.25, 0.3) is 0 Å². The highest BCUT2D eigenvalue weighted by Gasteiger charge is 2.24. The second kappa shape index (κ2) is 6.05. The van der Waals surface area contributed by atoms with Crippen molar-refractivity contribution < 1.29 is 18.0 Å². The minimum absolute atomic E-state index is 0.270. The van der Waals surface area contributed by atoms with Gasteiger partial charge in [-0.1, -0.05) is 23.7 Å². The van der Waals surface area contributed by atoms with E-state index in [4.69, 9.17) is 17.3 Å². The summed E-state index contributed by atoms with van der Waals surface area (Å²) in [6.07, 6.45) is 0. The maximum atomic E-state index is 13.8. The van der Waals surface area contributed by atoms with Gasteiger partial charge in [0.2, 0.25) is 5.91 Å². The summed E-state index contributed by atoms with van der Waals surface area (Å²) in [5.41, 5.74) is 5.11. The molecule has 0 aromatic heterocycles. The maximum Gasteiger partial charge on any atom is 0.244 e. The maximum absolute atomic E-state index is 13.8. The largest absolute Gasteiger partial charge is 0.369 e. The lowest BCUT2D eigenvalue weighted by atomic mass is 10.0. The lowest BCUT2D eigenvalue weighted by Crippen LogP contribution is -2.29. The summed E-state index contributed by atoms with van der Waals surface area (Å²) in [6.45, 7) is 0. The highest BCUT2D eigenvalue weighted by molar-refractivity contribution is 6.33. The molecule has 0 heterocycles. The number of primary amides is 1. The fourth-order valence-corrected chi connectivity index (χ4v) is 1.99. The van der Waals surface area contributed by atoms with E-state index in [1.54, 1.807) is 18.2 Å². The molecule has 3 nitrogen and oxygen atoms in total. The summed E-state index contributed by atoms with van der Waals surface area (Å²) in [5, 5.41) is 2.89. The number of hydrogen-bond donors (Lipinski definition) is 2. The zero-order chi connectivity index (χ0) is 15.6. The van der Waals surface area contributed by atoms with Gasteiger partial charge >= 0.3 is 0 Å². The molecule has 110 valence electrons. The normalized spacial score (nSPS) is 12.0. The third-order valence-corrected chi connectivity index (χ3v) is 3.14. The Bertz CT molecular complexity index is 694. The molecule has 0 saturated heterocycles. The summed E-state index contributed by atoms with van der Waals surface area (Å²) in [6, 6.07) is 5.93. The summed E-state index contributed by atoms with van der Waals surface area (Å²) < 4.78 is 40.0. The van der Waals surface area contributed by atoms with Crippen LogP contribution < -0.4 is 11.1 Å². The number of hydrogen-bond acceptors (Lipinski definition) is 2. The molecule has 0 spiro atoms. The Hall–Kier alpha value is -2.21. The van der Waals surface area contributed by atoms with Crippen molar-refractivity contribution in [2.75, 3.05) is 5.32 Å². The number of para-hydroxylation sites is 1. The minimum atomic E-state index is -1.39. The molecule has 0 radical (unpaired) electrons. The molecule has 1 amide bonds. The van der Waals surface area contributed by atoms with Gasteiger partial charge in [-0.15, -0.1) is 0 Å². The summed E-state index contributed by atoms with van der Waals surface area (Å²) in [4.78, 5) is 11.5. The van der Waals surface area contributed by atoms with Crippen LogP contribution >= 0.6 is 11.6 Å². The van der Waals surface area contributed by atoms with Gasteiger partial charge in [0, 0.05) is 11.6 Å². The van der Waals surface area contributed by atoms with Gasteiger partial charge in [-0.3, -0.25) is 4.79 Å². The third kappa shape index (κ3) is 3.28. The summed E-state index contributed by atoms with van der Waals surface area (Å²) in [5.74, 6) is -4.67. The van der Waals surface area contributed by atoms with E-state index >= 15 is 0 Å². The molecule has 2 aromatic rings. The molecule has 1 unspecified atom stereocenters. The average Bonchev–Trinajstić information content (AvgIpc) is 2.42. The highest BCUT2D eigenvalue weighted by atomic mass is 35.5. The van der Waals surface area contributed by atoms with Crippen LogP contribution in [0.1, 0.15) is 11.6 Å². The van der Waals surface area contributed by atoms with E-state index in [9.17, 15) is 18.0 Å². The molecule has 0 aliphatic heterocycles. The van der Waals surface area contributed by atoms with Crippen LogP contribution in [0.3, 0.4) is 0 Å². The average molecular weight is 315 g/mol. The van der Waals surface area contributed by atoms with E-state index < -0.39 is 35.0 Å². The van der Waals surface area contributed by atoms with Gasteiger partial charge in [0.05, 0.1) is 10.7 Å². The fourth-order valence-electron chi connectivity index (χ4n) is 1.80. The lowest BCUT2D eigenvalue weighted by molar-refractivity contribution is -0.118. The Kier molecular flexibility index (Phi) is 4.37. The predicted molar refractivity (Wildman–Crippen MR) is 73.3 cm³/mol. The van der Waals surface area contributed by atoms with Crippen molar-refractivity contribution >= 4 is 23.2 Å². The van der Waals surface area contributed by atoms with Crippen molar-refractivity contribution in [3.63, 3.8) is 0 Å². The molecule has 21 heavy (non-hydrogen) atoms. The quantitative estimate of drug-likeness (QED) is 0.850. The number of carbonyl (C=O) groups excluding carboxylic acids is 1. The summed E-state index contributed by atoms with van der Waals surface area (Å²) >= 11 is 5.91. The number of benzene rings is 2. The molecule has 0 fully saturated rings. The van der Waals surface area contributed by atoms with Gasteiger partial charge in [0.15, 0.2) is 11.6 Å². The van der Waals surface area contributed by atoms with Gasteiger partial charge in [-0.2, -0.15) is 0 Å². The van der Waals surface area contributed by atoms with Gasteiger partial charge in [-0.25, -0.2) is 13.2 Å². The molecule has 7 heteroatoms. The van der Waals surface area contributed by atoms with E-state index in [0.717, 1.165) is 0 Å². The number of nitrogens with two attached hydrogens (primary N) is 1. The van der Waals surface area contributed by atoms with E-state index in [1.807, 2.05) is 0 Å². The van der Waals surface area contributed by atoms with Gasteiger partial charge in [-0.05, 0) is 18.2 Å². The number of halogens is 4. The van der Waals surface area contributed by atoms with Crippen LogP contribution in [-0.4, -0.2) is 5.91 Å². The van der Waals surface area contributed by atoms with E-state index in [0.29, 0.717) is 17.8 Å². The molecule has 0 saturated carbocycles. The molecule has 1 atom stereocenters. The fraction of sp³-hybridized carbons (Fsp3) is 0.0714. The molecular weight excluding hydrogens is 305 g/mol. The van der Waals surface area contributed by atoms with Crippen molar-refractivity contribution in [1.29, 1.82) is 0 Å². The Labute approximate surface area is 123 Å². The second-order valence-corrected chi connectivity index (χ2v) is 4.65. The van der Waals surface area contributed by atoms with Gasteiger partial charge in [0.1, 0.15) is 11.9 Å². The van der Waals surface area contributed by atoms with Crippen molar-refractivity contribution in [1.82, 2.24) is 0 Å². The first kappa shape index (κ1) is 15.2. The number of carbonyl (C=O) groups is 1. The number of rotatable bonds is 4. The van der Waals surface area contributed by atoms with Crippen molar-refractivity contribution in [2.45, 2.75) is 6.04 Å². The van der Waals surface area contributed by atoms with E-state index in [-0.39, 0.29) is 5.02 Å².